The van der Waals surface area contributed by atoms with Gasteiger partial charge < -0.3 is 10.6 Å². The molecule has 4 heteroatoms. The van der Waals surface area contributed by atoms with Gasteiger partial charge in [0.05, 0.1) is 6.04 Å². The van der Waals surface area contributed by atoms with Crippen LogP contribution in [0.4, 0.5) is 0 Å². The van der Waals surface area contributed by atoms with Crippen molar-refractivity contribution in [3.05, 3.63) is 22.4 Å². The van der Waals surface area contributed by atoms with Crippen molar-refractivity contribution in [3.8, 4) is 0 Å². The van der Waals surface area contributed by atoms with E-state index in [2.05, 4.69) is 28.1 Å². The summed E-state index contributed by atoms with van der Waals surface area (Å²) in [7, 11) is 0. The summed E-state index contributed by atoms with van der Waals surface area (Å²) in [5.41, 5.74) is 0. The van der Waals surface area contributed by atoms with Gasteiger partial charge in [0.15, 0.2) is 0 Å². The van der Waals surface area contributed by atoms with E-state index in [4.69, 9.17) is 0 Å². The Labute approximate surface area is 125 Å². The third kappa shape index (κ3) is 3.23. The fraction of sp³-hybridized carbons (Fsp3) is 0.688. The first-order valence-electron chi connectivity index (χ1n) is 7.89. The van der Waals surface area contributed by atoms with E-state index in [1.165, 1.54) is 30.6 Å². The van der Waals surface area contributed by atoms with Crippen molar-refractivity contribution in [1.82, 2.24) is 10.6 Å². The molecule has 2 N–H and O–H groups in total. The van der Waals surface area contributed by atoms with Gasteiger partial charge in [-0.25, -0.2) is 0 Å². The second-order valence-corrected chi connectivity index (χ2v) is 7.05. The molecule has 1 aromatic rings. The molecule has 1 aromatic heterocycles. The number of nitrogens with one attached hydrogen (secondary N) is 2. The Kier molecular flexibility index (Phi) is 4.73. The normalized spacial score (nSPS) is 22.8. The lowest BCUT2D eigenvalue weighted by molar-refractivity contribution is -0.126. The van der Waals surface area contributed by atoms with Crippen LogP contribution in [0.2, 0.25) is 0 Å². The zero-order valence-electron chi connectivity index (χ0n) is 11.9. The number of amides is 1. The third-order valence-corrected chi connectivity index (χ3v) is 5.68. The van der Waals surface area contributed by atoms with Crippen LogP contribution in [0.3, 0.4) is 0 Å². The minimum Gasteiger partial charge on any atom is -0.348 e. The van der Waals surface area contributed by atoms with Crippen LogP contribution in [-0.2, 0) is 4.79 Å². The molecule has 1 aliphatic heterocycles. The van der Waals surface area contributed by atoms with Crippen molar-refractivity contribution in [3.63, 3.8) is 0 Å². The van der Waals surface area contributed by atoms with Crippen molar-refractivity contribution >= 4 is 17.2 Å². The van der Waals surface area contributed by atoms with Crippen molar-refractivity contribution in [2.24, 2.45) is 11.8 Å². The van der Waals surface area contributed by atoms with Crippen molar-refractivity contribution < 1.29 is 4.79 Å². The molecule has 3 nitrogen and oxygen atoms in total. The smallest absolute Gasteiger partial charge is 0.223 e. The Bertz CT molecular complexity index is 420. The molecular weight excluding hydrogens is 268 g/mol. The summed E-state index contributed by atoms with van der Waals surface area (Å²) in [6.07, 6.45) is 7.11. The Morgan fingerprint density at radius 1 is 1.25 bits per heavy atom. The molecule has 1 saturated carbocycles. The Morgan fingerprint density at radius 2 is 2.00 bits per heavy atom. The second-order valence-electron chi connectivity index (χ2n) is 6.07. The van der Waals surface area contributed by atoms with Crippen LogP contribution in [0.15, 0.2) is 17.5 Å². The molecule has 2 aliphatic rings. The van der Waals surface area contributed by atoms with E-state index in [1.54, 1.807) is 11.3 Å². The van der Waals surface area contributed by atoms with Crippen LogP contribution < -0.4 is 10.6 Å². The van der Waals surface area contributed by atoms with Crippen LogP contribution in [0.5, 0.6) is 0 Å². The fourth-order valence-electron chi connectivity index (χ4n) is 3.54. The minimum absolute atomic E-state index is 0.208. The van der Waals surface area contributed by atoms with Gasteiger partial charge in [0.2, 0.25) is 5.91 Å². The molecule has 20 heavy (non-hydrogen) atoms. The Morgan fingerprint density at radius 3 is 2.65 bits per heavy atom. The topological polar surface area (TPSA) is 41.1 Å². The lowest BCUT2D eigenvalue weighted by atomic mass is 9.93. The van der Waals surface area contributed by atoms with E-state index < -0.39 is 0 Å². The van der Waals surface area contributed by atoms with Crippen LogP contribution in [0.1, 0.15) is 49.4 Å². The molecule has 2 fully saturated rings. The number of hydrogen-bond acceptors (Lipinski definition) is 3. The van der Waals surface area contributed by atoms with Gasteiger partial charge in [0.25, 0.3) is 0 Å². The molecule has 0 spiro atoms. The average molecular weight is 292 g/mol. The summed E-state index contributed by atoms with van der Waals surface area (Å²) in [6, 6.07) is 4.52. The first-order valence-corrected chi connectivity index (χ1v) is 8.77. The zero-order chi connectivity index (χ0) is 13.8. The molecular formula is C16H24N2OS. The van der Waals surface area contributed by atoms with Gasteiger partial charge in [0.1, 0.15) is 0 Å². The van der Waals surface area contributed by atoms with Crippen LogP contribution in [0.25, 0.3) is 0 Å². The number of piperidine rings is 1. The summed E-state index contributed by atoms with van der Waals surface area (Å²) < 4.78 is 0. The molecule has 1 atom stereocenters. The van der Waals surface area contributed by atoms with Gasteiger partial charge in [-0.05, 0) is 56.1 Å². The molecule has 0 bridgehead atoms. The van der Waals surface area contributed by atoms with Gasteiger partial charge in [-0.3, -0.25) is 4.79 Å². The number of thiophene rings is 1. The molecule has 1 saturated heterocycles. The molecule has 2 heterocycles. The van der Waals surface area contributed by atoms with E-state index in [-0.39, 0.29) is 17.9 Å². The van der Waals surface area contributed by atoms with E-state index >= 15 is 0 Å². The van der Waals surface area contributed by atoms with Crippen molar-refractivity contribution in [1.29, 1.82) is 0 Å². The number of carbonyl (C=O) groups is 1. The molecule has 0 radical (unpaired) electrons. The van der Waals surface area contributed by atoms with E-state index in [1.807, 2.05) is 0 Å². The highest BCUT2D eigenvalue weighted by atomic mass is 32.1. The lowest BCUT2D eigenvalue weighted by Gasteiger charge is -2.28. The highest BCUT2D eigenvalue weighted by Crippen LogP contribution is 2.37. The molecule has 3 rings (SSSR count). The number of carbonyl (C=O) groups excluding carboxylic acids is 1. The number of hydrogen-bond donors (Lipinski definition) is 2. The molecule has 0 aromatic carbocycles. The maximum Gasteiger partial charge on any atom is 0.223 e. The van der Waals surface area contributed by atoms with E-state index in [0.29, 0.717) is 5.92 Å². The molecule has 1 amide bonds. The van der Waals surface area contributed by atoms with Gasteiger partial charge in [0, 0.05) is 10.8 Å². The zero-order valence-corrected chi connectivity index (χ0v) is 12.8. The van der Waals surface area contributed by atoms with Crippen LogP contribution in [-0.4, -0.2) is 19.0 Å². The summed E-state index contributed by atoms with van der Waals surface area (Å²) >= 11 is 1.78. The standard InChI is InChI=1S/C16H24N2OS/c19-16(13-7-9-17-10-8-13)18-15(12-4-1-2-5-12)14-6-3-11-20-14/h3,6,11-13,15,17H,1-2,4-5,7-10H2,(H,18,19). The minimum atomic E-state index is 0.208. The van der Waals surface area contributed by atoms with Gasteiger partial charge in [-0.1, -0.05) is 18.9 Å². The predicted octanol–water partition coefficient (Wildman–Crippen LogP) is 3.10. The average Bonchev–Trinajstić information content (AvgIpc) is 3.19. The molecule has 1 unspecified atom stereocenters. The monoisotopic (exact) mass is 292 g/mol. The van der Waals surface area contributed by atoms with Crippen molar-refractivity contribution in [2.75, 3.05) is 13.1 Å². The summed E-state index contributed by atoms with van der Waals surface area (Å²) in [6.45, 7) is 1.95. The summed E-state index contributed by atoms with van der Waals surface area (Å²) in [5, 5.41) is 8.82. The van der Waals surface area contributed by atoms with Gasteiger partial charge in [-0.2, -0.15) is 0 Å². The van der Waals surface area contributed by atoms with Gasteiger partial charge >= 0.3 is 0 Å². The highest BCUT2D eigenvalue weighted by molar-refractivity contribution is 7.10. The Hall–Kier alpha value is -0.870. The Balaban J connectivity index is 1.67. The first-order chi connectivity index (χ1) is 9.84. The third-order valence-electron chi connectivity index (χ3n) is 4.73. The van der Waals surface area contributed by atoms with E-state index in [0.717, 1.165) is 25.9 Å². The molecule has 110 valence electrons. The first kappa shape index (κ1) is 14.1. The van der Waals surface area contributed by atoms with E-state index in [9.17, 15) is 4.79 Å². The summed E-state index contributed by atoms with van der Waals surface area (Å²) in [5.74, 6) is 1.12. The second kappa shape index (κ2) is 6.72. The van der Waals surface area contributed by atoms with Crippen LogP contribution in [0, 0.1) is 11.8 Å². The quantitative estimate of drug-likeness (QED) is 0.895. The largest absolute Gasteiger partial charge is 0.348 e. The SMILES string of the molecule is O=C(NC(c1cccs1)C1CCCC1)C1CCNCC1. The maximum absolute atomic E-state index is 12.5. The van der Waals surface area contributed by atoms with Crippen molar-refractivity contribution in [2.45, 2.75) is 44.6 Å². The predicted molar refractivity (Wildman–Crippen MR) is 82.8 cm³/mol. The molecule has 1 aliphatic carbocycles. The van der Waals surface area contributed by atoms with Crippen LogP contribution >= 0.6 is 11.3 Å². The summed E-state index contributed by atoms with van der Waals surface area (Å²) in [4.78, 5) is 13.9. The number of rotatable bonds is 4. The highest BCUT2D eigenvalue weighted by Gasteiger charge is 2.30. The maximum atomic E-state index is 12.5. The van der Waals surface area contributed by atoms with Gasteiger partial charge in [-0.15, -0.1) is 11.3 Å². The lowest BCUT2D eigenvalue weighted by Crippen LogP contribution is -2.41. The fourth-order valence-corrected chi connectivity index (χ4v) is 4.40.